The first-order valence-electron chi connectivity index (χ1n) is 7.20. The molecule has 0 unspecified atom stereocenters. The third kappa shape index (κ3) is 3.26. The number of carboxylic acids is 1. The van der Waals surface area contributed by atoms with Crippen LogP contribution >= 0.6 is 11.6 Å². The van der Waals surface area contributed by atoms with Gasteiger partial charge in [-0.3, -0.25) is 4.79 Å². The van der Waals surface area contributed by atoms with E-state index < -0.39 is 11.4 Å². The first-order chi connectivity index (χ1) is 9.86. The van der Waals surface area contributed by atoms with Gasteiger partial charge in [-0.2, -0.15) is 0 Å². The quantitative estimate of drug-likeness (QED) is 0.918. The Hall–Kier alpha value is -1.42. The third-order valence-corrected chi connectivity index (χ3v) is 4.03. The number of hydrogen-bond donors (Lipinski definition) is 1. The lowest BCUT2D eigenvalue weighted by Crippen LogP contribution is -2.24. The maximum Gasteiger partial charge on any atom is 0.304 e. The summed E-state index contributed by atoms with van der Waals surface area (Å²) in [5.74, 6) is 0.433. The van der Waals surface area contributed by atoms with Crippen molar-refractivity contribution in [2.75, 3.05) is 13.2 Å². The minimum Gasteiger partial charge on any atom is -0.489 e. The van der Waals surface area contributed by atoms with E-state index in [1.807, 2.05) is 26.8 Å². The van der Waals surface area contributed by atoms with Gasteiger partial charge >= 0.3 is 5.97 Å². The molecule has 0 spiro atoms. The van der Waals surface area contributed by atoms with Gasteiger partial charge in [0.25, 0.3) is 0 Å². The summed E-state index contributed by atoms with van der Waals surface area (Å²) in [6.07, 6.45) is 1.58. The highest BCUT2D eigenvalue weighted by Gasteiger charge is 2.31. The van der Waals surface area contributed by atoms with Crippen LogP contribution in [0.25, 0.3) is 0 Å². The Bertz CT molecular complexity index is 552. The molecule has 0 bridgehead atoms. The molecule has 1 aromatic carbocycles. The van der Waals surface area contributed by atoms with Crippen LogP contribution in [-0.4, -0.2) is 24.3 Å². The molecule has 0 radical (unpaired) electrons. The molecule has 0 fully saturated rings. The van der Waals surface area contributed by atoms with Crippen molar-refractivity contribution in [1.29, 1.82) is 0 Å². The summed E-state index contributed by atoms with van der Waals surface area (Å²) in [6.45, 7) is 7.01. The summed E-state index contributed by atoms with van der Waals surface area (Å²) < 4.78 is 11.5. The Morgan fingerprint density at radius 1 is 1.33 bits per heavy atom. The Morgan fingerprint density at radius 3 is 2.52 bits per heavy atom. The number of aliphatic carboxylic acids is 1. The van der Waals surface area contributed by atoms with Crippen molar-refractivity contribution in [2.45, 2.75) is 45.4 Å². The van der Waals surface area contributed by atoms with E-state index in [1.54, 1.807) is 0 Å². The van der Waals surface area contributed by atoms with Crippen molar-refractivity contribution >= 4 is 17.6 Å². The Labute approximate surface area is 130 Å². The van der Waals surface area contributed by atoms with Crippen LogP contribution in [0.4, 0.5) is 0 Å². The minimum atomic E-state index is -0.828. The predicted octanol–water partition coefficient (Wildman–Crippen LogP) is 3.82. The first-order valence-corrected chi connectivity index (χ1v) is 7.58. The molecule has 1 aliphatic heterocycles. The van der Waals surface area contributed by atoms with Crippen LogP contribution in [0.2, 0.25) is 5.02 Å². The fourth-order valence-corrected chi connectivity index (χ4v) is 3.02. The largest absolute Gasteiger partial charge is 0.489 e. The topological polar surface area (TPSA) is 55.8 Å². The molecule has 0 aromatic heterocycles. The molecule has 5 heteroatoms. The highest BCUT2D eigenvalue weighted by atomic mass is 35.5. The predicted molar refractivity (Wildman–Crippen MR) is 81.7 cm³/mol. The number of carbonyl (C=O) groups is 1. The molecule has 21 heavy (non-hydrogen) atoms. The summed E-state index contributed by atoms with van der Waals surface area (Å²) in [5.41, 5.74) is 1.38. The fraction of sp³-hybridized carbons (Fsp3) is 0.562. The van der Waals surface area contributed by atoms with Gasteiger partial charge in [-0.05, 0) is 18.1 Å². The van der Waals surface area contributed by atoms with E-state index in [4.69, 9.17) is 26.2 Å². The summed E-state index contributed by atoms with van der Waals surface area (Å²) in [5, 5.41) is 9.62. The minimum absolute atomic E-state index is 0.0377. The van der Waals surface area contributed by atoms with E-state index in [2.05, 4.69) is 0 Å². The van der Waals surface area contributed by atoms with Crippen LogP contribution in [0.15, 0.2) is 6.07 Å². The molecule has 2 rings (SSSR count). The van der Waals surface area contributed by atoms with Crippen molar-refractivity contribution in [2.24, 2.45) is 0 Å². The molecule has 4 nitrogen and oxygen atoms in total. The molecular weight excluding hydrogens is 292 g/mol. The zero-order valence-corrected chi connectivity index (χ0v) is 13.4. The van der Waals surface area contributed by atoms with Gasteiger partial charge in [0.15, 0.2) is 11.5 Å². The highest BCUT2D eigenvalue weighted by Crippen LogP contribution is 2.45. The molecule has 116 valence electrons. The Balaban J connectivity index is 2.59. The summed E-state index contributed by atoms with van der Waals surface area (Å²) in [7, 11) is 0. The molecule has 1 heterocycles. The second-order valence-electron chi connectivity index (χ2n) is 5.90. The van der Waals surface area contributed by atoms with Gasteiger partial charge in [0.2, 0.25) is 0 Å². The highest BCUT2D eigenvalue weighted by molar-refractivity contribution is 6.32. The average molecular weight is 313 g/mol. The van der Waals surface area contributed by atoms with Gasteiger partial charge in [0, 0.05) is 17.4 Å². The number of rotatable bonds is 4. The number of ether oxygens (including phenoxy) is 2. The van der Waals surface area contributed by atoms with Gasteiger partial charge in [-0.25, -0.2) is 0 Å². The van der Waals surface area contributed by atoms with Crippen molar-refractivity contribution in [3.05, 3.63) is 22.2 Å². The number of halogens is 1. The van der Waals surface area contributed by atoms with Crippen LogP contribution in [0.5, 0.6) is 11.5 Å². The number of benzene rings is 1. The van der Waals surface area contributed by atoms with E-state index in [0.29, 0.717) is 29.7 Å². The number of carboxylic acid groups (broad SMARTS) is 1. The molecule has 1 aliphatic rings. The normalized spacial score (nSPS) is 14.7. The van der Waals surface area contributed by atoms with Crippen molar-refractivity contribution in [1.82, 2.24) is 0 Å². The Kier molecular flexibility index (Phi) is 4.67. The van der Waals surface area contributed by atoms with Crippen LogP contribution in [0.1, 0.15) is 44.7 Å². The SMILES string of the molecule is CCc1c(C(C)(C)CC(=O)O)cc(Cl)c2c1OCCCO2. The van der Waals surface area contributed by atoms with Crippen molar-refractivity contribution in [3.8, 4) is 11.5 Å². The molecule has 0 aliphatic carbocycles. The van der Waals surface area contributed by atoms with Gasteiger partial charge in [-0.1, -0.05) is 32.4 Å². The van der Waals surface area contributed by atoms with E-state index >= 15 is 0 Å². The van der Waals surface area contributed by atoms with Crippen LogP contribution in [-0.2, 0) is 16.6 Å². The van der Waals surface area contributed by atoms with Crippen LogP contribution in [0.3, 0.4) is 0 Å². The number of hydrogen-bond acceptors (Lipinski definition) is 3. The maximum atomic E-state index is 11.1. The Morgan fingerprint density at radius 2 is 1.95 bits per heavy atom. The lowest BCUT2D eigenvalue weighted by Gasteiger charge is -2.28. The lowest BCUT2D eigenvalue weighted by molar-refractivity contribution is -0.138. The molecule has 0 saturated heterocycles. The summed E-state index contributed by atoms with van der Waals surface area (Å²) in [4.78, 5) is 11.1. The average Bonchev–Trinajstić information content (AvgIpc) is 2.63. The standard InChI is InChI=1S/C16H21ClO4/c1-4-10-11(16(2,3)9-13(18)19)8-12(17)15-14(10)20-6-5-7-21-15/h8H,4-7,9H2,1-3H3,(H,18,19). The van der Waals surface area contributed by atoms with Gasteiger partial charge in [0.05, 0.1) is 24.7 Å². The van der Waals surface area contributed by atoms with Gasteiger partial charge in [-0.15, -0.1) is 0 Å². The first kappa shape index (κ1) is 16.0. The van der Waals surface area contributed by atoms with Gasteiger partial charge < -0.3 is 14.6 Å². The van der Waals surface area contributed by atoms with E-state index in [1.165, 1.54) is 0 Å². The van der Waals surface area contributed by atoms with E-state index in [9.17, 15) is 4.79 Å². The van der Waals surface area contributed by atoms with E-state index in [-0.39, 0.29) is 6.42 Å². The monoisotopic (exact) mass is 312 g/mol. The summed E-state index contributed by atoms with van der Waals surface area (Å²) in [6, 6.07) is 1.83. The second kappa shape index (κ2) is 6.14. The summed E-state index contributed by atoms with van der Waals surface area (Å²) >= 11 is 6.34. The maximum absolute atomic E-state index is 11.1. The molecule has 1 N–H and O–H groups in total. The zero-order chi connectivity index (χ0) is 15.6. The van der Waals surface area contributed by atoms with Crippen molar-refractivity contribution in [3.63, 3.8) is 0 Å². The zero-order valence-electron chi connectivity index (χ0n) is 12.7. The molecule has 1 aromatic rings. The fourth-order valence-electron chi connectivity index (χ4n) is 2.77. The van der Waals surface area contributed by atoms with Gasteiger partial charge in [0.1, 0.15) is 0 Å². The van der Waals surface area contributed by atoms with E-state index in [0.717, 1.165) is 24.0 Å². The van der Waals surface area contributed by atoms with Crippen molar-refractivity contribution < 1.29 is 19.4 Å². The molecule has 0 atom stereocenters. The second-order valence-corrected chi connectivity index (χ2v) is 6.31. The van der Waals surface area contributed by atoms with Crippen LogP contribution in [0, 0.1) is 0 Å². The smallest absolute Gasteiger partial charge is 0.304 e. The number of fused-ring (bicyclic) bond motifs is 1. The lowest BCUT2D eigenvalue weighted by atomic mass is 9.78. The molecule has 0 amide bonds. The molecule has 0 saturated carbocycles. The third-order valence-electron chi connectivity index (χ3n) is 3.75. The van der Waals surface area contributed by atoms with Crippen LogP contribution < -0.4 is 9.47 Å². The molecular formula is C16H21ClO4.